The summed E-state index contributed by atoms with van der Waals surface area (Å²) in [5.41, 5.74) is 5.80. The van der Waals surface area contributed by atoms with Gasteiger partial charge < -0.3 is 16.0 Å². The van der Waals surface area contributed by atoms with Gasteiger partial charge in [-0.15, -0.1) is 0 Å². The van der Waals surface area contributed by atoms with Gasteiger partial charge in [-0.1, -0.05) is 12.8 Å². The average molecular weight is 222 g/mol. The van der Waals surface area contributed by atoms with E-state index in [1.165, 1.54) is 25.7 Å². The molecule has 2 atom stereocenters. The Kier molecular flexibility index (Phi) is 4.36. The lowest BCUT2D eigenvalue weighted by molar-refractivity contribution is 0.269. The molecule has 1 aliphatic carbocycles. The highest BCUT2D eigenvalue weighted by Gasteiger charge is 2.22. The van der Waals surface area contributed by atoms with Crippen LogP contribution in [0.3, 0.4) is 0 Å². The van der Waals surface area contributed by atoms with E-state index in [9.17, 15) is 0 Å². The number of imidazole rings is 1. The SMILES string of the molecule is NCC1CCCCC1NCCc1ncc[nH]1. The standard InChI is InChI=1S/C12H22N4/c13-9-10-3-1-2-4-11(10)14-6-5-12-15-7-8-16-12/h7-8,10-11,14H,1-6,9,13H2,(H,15,16). The number of H-pyrrole nitrogens is 1. The molecule has 0 bridgehead atoms. The van der Waals surface area contributed by atoms with Gasteiger partial charge in [-0.3, -0.25) is 0 Å². The Balaban J connectivity index is 1.71. The summed E-state index contributed by atoms with van der Waals surface area (Å²) in [5.74, 6) is 1.73. The van der Waals surface area contributed by atoms with Gasteiger partial charge in [-0.25, -0.2) is 4.98 Å². The van der Waals surface area contributed by atoms with Crippen molar-refractivity contribution in [3.8, 4) is 0 Å². The van der Waals surface area contributed by atoms with Crippen molar-refractivity contribution in [2.45, 2.75) is 38.1 Å². The van der Waals surface area contributed by atoms with Gasteiger partial charge in [0.15, 0.2) is 0 Å². The minimum atomic E-state index is 0.619. The third-order valence-electron chi connectivity index (χ3n) is 3.54. The second-order valence-electron chi connectivity index (χ2n) is 4.63. The highest BCUT2D eigenvalue weighted by molar-refractivity contribution is 4.89. The molecule has 1 heterocycles. The Morgan fingerprint density at radius 1 is 1.44 bits per heavy atom. The monoisotopic (exact) mass is 222 g/mol. The molecular weight excluding hydrogens is 200 g/mol. The van der Waals surface area contributed by atoms with E-state index in [-0.39, 0.29) is 0 Å². The lowest BCUT2D eigenvalue weighted by Gasteiger charge is -2.31. The number of rotatable bonds is 5. The first-order valence-electron chi connectivity index (χ1n) is 6.32. The molecule has 0 amide bonds. The van der Waals surface area contributed by atoms with Crippen LogP contribution in [0.1, 0.15) is 31.5 Å². The molecule has 0 spiro atoms. The molecule has 4 heteroatoms. The molecule has 2 rings (SSSR count). The van der Waals surface area contributed by atoms with Crippen LogP contribution >= 0.6 is 0 Å². The van der Waals surface area contributed by atoms with Crippen LogP contribution < -0.4 is 11.1 Å². The van der Waals surface area contributed by atoms with Crippen LogP contribution in [0.25, 0.3) is 0 Å². The van der Waals surface area contributed by atoms with Gasteiger partial charge in [0, 0.05) is 31.4 Å². The lowest BCUT2D eigenvalue weighted by atomic mass is 9.84. The van der Waals surface area contributed by atoms with Crippen LogP contribution in [0.5, 0.6) is 0 Å². The van der Waals surface area contributed by atoms with Crippen molar-refractivity contribution in [3.05, 3.63) is 18.2 Å². The molecule has 1 aliphatic rings. The molecule has 16 heavy (non-hydrogen) atoms. The topological polar surface area (TPSA) is 66.7 Å². The minimum Gasteiger partial charge on any atom is -0.349 e. The number of nitrogens with one attached hydrogen (secondary N) is 2. The van der Waals surface area contributed by atoms with Gasteiger partial charge in [0.1, 0.15) is 5.82 Å². The Morgan fingerprint density at radius 2 is 2.31 bits per heavy atom. The largest absolute Gasteiger partial charge is 0.349 e. The van der Waals surface area contributed by atoms with Crippen molar-refractivity contribution in [2.24, 2.45) is 11.7 Å². The first kappa shape index (κ1) is 11.6. The van der Waals surface area contributed by atoms with Gasteiger partial charge in [0.2, 0.25) is 0 Å². The molecule has 1 fully saturated rings. The first-order chi connectivity index (χ1) is 7.90. The molecule has 1 aromatic rings. The van der Waals surface area contributed by atoms with Crippen molar-refractivity contribution in [1.29, 1.82) is 0 Å². The molecule has 0 aliphatic heterocycles. The summed E-state index contributed by atoms with van der Waals surface area (Å²) in [7, 11) is 0. The normalized spacial score (nSPS) is 25.8. The molecule has 0 aromatic carbocycles. The van der Waals surface area contributed by atoms with E-state index in [1.807, 2.05) is 6.20 Å². The van der Waals surface area contributed by atoms with Crippen molar-refractivity contribution >= 4 is 0 Å². The van der Waals surface area contributed by atoms with Crippen LogP contribution in [-0.4, -0.2) is 29.1 Å². The summed E-state index contributed by atoms with van der Waals surface area (Å²) >= 11 is 0. The van der Waals surface area contributed by atoms with E-state index in [0.717, 1.165) is 25.3 Å². The predicted octanol–water partition coefficient (Wildman–Crippen LogP) is 1.06. The molecular formula is C12H22N4. The predicted molar refractivity (Wildman–Crippen MR) is 65.1 cm³/mol. The molecule has 90 valence electrons. The maximum Gasteiger partial charge on any atom is 0.107 e. The number of nitrogens with zero attached hydrogens (tertiary/aromatic N) is 1. The smallest absolute Gasteiger partial charge is 0.107 e. The molecule has 1 aromatic heterocycles. The number of hydrogen-bond acceptors (Lipinski definition) is 3. The van der Waals surface area contributed by atoms with Crippen LogP contribution in [0.15, 0.2) is 12.4 Å². The zero-order valence-corrected chi connectivity index (χ0v) is 9.78. The molecule has 0 saturated heterocycles. The van der Waals surface area contributed by atoms with Crippen molar-refractivity contribution in [1.82, 2.24) is 15.3 Å². The number of aromatic nitrogens is 2. The van der Waals surface area contributed by atoms with Crippen LogP contribution in [0.2, 0.25) is 0 Å². The van der Waals surface area contributed by atoms with E-state index in [0.29, 0.717) is 12.0 Å². The number of hydrogen-bond donors (Lipinski definition) is 3. The van der Waals surface area contributed by atoms with Gasteiger partial charge in [0.25, 0.3) is 0 Å². The number of aromatic amines is 1. The van der Waals surface area contributed by atoms with Crippen LogP contribution in [0, 0.1) is 5.92 Å². The van der Waals surface area contributed by atoms with E-state index in [4.69, 9.17) is 5.73 Å². The van der Waals surface area contributed by atoms with E-state index >= 15 is 0 Å². The van der Waals surface area contributed by atoms with Crippen LogP contribution in [-0.2, 0) is 6.42 Å². The average Bonchev–Trinajstić information content (AvgIpc) is 2.83. The second-order valence-corrected chi connectivity index (χ2v) is 4.63. The lowest BCUT2D eigenvalue weighted by Crippen LogP contribution is -2.42. The highest BCUT2D eigenvalue weighted by Crippen LogP contribution is 2.23. The zero-order chi connectivity index (χ0) is 11.2. The molecule has 0 radical (unpaired) electrons. The highest BCUT2D eigenvalue weighted by atomic mass is 14.9. The number of nitrogens with two attached hydrogens (primary N) is 1. The van der Waals surface area contributed by atoms with Gasteiger partial charge >= 0.3 is 0 Å². The zero-order valence-electron chi connectivity index (χ0n) is 9.78. The molecule has 1 saturated carbocycles. The summed E-state index contributed by atoms with van der Waals surface area (Å²) in [6, 6.07) is 0.619. The summed E-state index contributed by atoms with van der Waals surface area (Å²) in [6.07, 6.45) is 9.90. The quantitative estimate of drug-likeness (QED) is 0.698. The van der Waals surface area contributed by atoms with E-state index in [2.05, 4.69) is 15.3 Å². The summed E-state index contributed by atoms with van der Waals surface area (Å²) in [6.45, 7) is 1.81. The van der Waals surface area contributed by atoms with E-state index in [1.54, 1.807) is 6.20 Å². The van der Waals surface area contributed by atoms with E-state index < -0.39 is 0 Å². The maximum absolute atomic E-state index is 5.80. The Hall–Kier alpha value is -0.870. The van der Waals surface area contributed by atoms with Crippen molar-refractivity contribution in [3.63, 3.8) is 0 Å². The summed E-state index contributed by atoms with van der Waals surface area (Å²) in [4.78, 5) is 7.34. The molecule has 4 nitrogen and oxygen atoms in total. The third kappa shape index (κ3) is 3.06. The maximum atomic E-state index is 5.80. The van der Waals surface area contributed by atoms with Gasteiger partial charge in [-0.05, 0) is 25.3 Å². The first-order valence-corrected chi connectivity index (χ1v) is 6.32. The summed E-state index contributed by atoms with van der Waals surface area (Å²) in [5, 5.41) is 3.62. The van der Waals surface area contributed by atoms with Gasteiger partial charge in [0.05, 0.1) is 0 Å². The summed E-state index contributed by atoms with van der Waals surface area (Å²) < 4.78 is 0. The molecule has 4 N–H and O–H groups in total. The van der Waals surface area contributed by atoms with Crippen molar-refractivity contribution < 1.29 is 0 Å². The fraction of sp³-hybridized carbons (Fsp3) is 0.750. The van der Waals surface area contributed by atoms with Crippen molar-refractivity contribution in [2.75, 3.05) is 13.1 Å². The fourth-order valence-corrected chi connectivity index (χ4v) is 2.57. The van der Waals surface area contributed by atoms with Gasteiger partial charge in [-0.2, -0.15) is 0 Å². The molecule has 2 unspecified atom stereocenters. The fourth-order valence-electron chi connectivity index (χ4n) is 2.57. The Bertz CT molecular complexity index is 283. The third-order valence-corrected chi connectivity index (χ3v) is 3.54. The Labute approximate surface area is 97.0 Å². The Morgan fingerprint density at radius 3 is 3.06 bits per heavy atom. The second kappa shape index (κ2) is 6.01. The van der Waals surface area contributed by atoms with Crippen LogP contribution in [0.4, 0.5) is 0 Å². The minimum absolute atomic E-state index is 0.619.